The molecule has 0 spiro atoms. The second kappa shape index (κ2) is 9.31. The van der Waals surface area contributed by atoms with Crippen LogP contribution in [0, 0.1) is 6.92 Å². The van der Waals surface area contributed by atoms with Gasteiger partial charge in [0, 0.05) is 12.1 Å². The van der Waals surface area contributed by atoms with E-state index >= 15 is 0 Å². The van der Waals surface area contributed by atoms with Crippen LogP contribution in [0.5, 0.6) is 0 Å². The van der Waals surface area contributed by atoms with Crippen LogP contribution in [0.2, 0.25) is 0 Å². The fourth-order valence-corrected chi connectivity index (χ4v) is 2.42. The van der Waals surface area contributed by atoms with Gasteiger partial charge in [0.05, 0.1) is 18.4 Å². The summed E-state index contributed by atoms with van der Waals surface area (Å²) in [5.74, 6) is -3.37. The van der Waals surface area contributed by atoms with Crippen molar-refractivity contribution in [2.24, 2.45) is 0 Å². The van der Waals surface area contributed by atoms with E-state index < -0.39 is 23.8 Å². The van der Waals surface area contributed by atoms with E-state index in [1.807, 2.05) is 0 Å². The van der Waals surface area contributed by atoms with Gasteiger partial charge >= 0.3 is 23.8 Å². The summed E-state index contributed by atoms with van der Waals surface area (Å²) in [5, 5.41) is 13.5. The van der Waals surface area contributed by atoms with Crippen molar-refractivity contribution < 1.29 is 29.0 Å². The molecule has 0 saturated heterocycles. The maximum absolute atomic E-state index is 12.2. The first kappa shape index (κ1) is 20.6. The molecule has 0 unspecified atom stereocenters. The van der Waals surface area contributed by atoms with Crippen LogP contribution in [0.25, 0.3) is 0 Å². The minimum absolute atomic E-state index is 0.00713. The highest BCUT2D eigenvalue weighted by Gasteiger charge is 2.19. The molecule has 2 amide bonds. The van der Waals surface area contributed by atoms with Crippen molar-refractivity contribution in [1.29, 1.82) is 0 Å². The van der Waals surface area contributed by atoms with Gasteiger partial charge < -0.3 is 20.5 Å². The highest BCUT2D eigenvalue weighted by atomic mass is 16.5. The van der Waals surface area contributed by atoms with Crippen LogP contribution in [0.1, 0.15) is 27.9 Å². The number of rotatable bonds is 6. The standard InChI is InChI=1S/C20H20N2O6/c1-12-3-9-16(15(11-12)20(27)28-2)22-19(26)18(25)21-14-7-4-13(5-8-14)6-10-17(23)24/h3-5,7-9,11H,6,10H2,1-2H3,(H,21,25)(H,22,26)(H,23,24). The largest absolute Gasteiger partial charge is 0.481 e. The maximum Gasteiger partial charge on any atom is 0.339 e. The van der Waals surface area contributed by atoms with Crippen molar-refractivity contribution in [3.8, 4) is 0 Å². The van der Waals surface area contributed by atoms with Crippen LogP contribution in [0.4, 0.5) is 11.4 Å². The van der Waals surface area contributed by atoms with Gasteiger partial charge in [-0.2, -0.15) is 0 Å². The Kier molecular flexibility index (Phi) is 6.86. The second-order valence-electron chi connectivity index (χ2n) is 6.04. The third kappa shape index (κ3) is 5.66. The Bertz CT molecular complexity index is 905. The van der Waals surface area contributed by atoms with Crippen LogP contribution < -0.4 is 10.6 Å². The molecule has 0 aliphatic carbocycles. The van der Waals surface area contributed by atoms with Gasteiger partial charge in [-0.15, -0.1) is 0 Å². The van der Waals surface area contributed by atoms with Crippen LogP contribution in [-0.2, 0) is 25.5 Å². The van der Waals surface area contributed by atoms with Gasteiger partial charge in [0.2, 0.25) is 0 Å². The van der Waals surface area contributed by atoms with Crippen molar-refractivity contribution in [2.75, 3.05) is 17.7 Å². The number of carboxylic acid groups (broad SMARTS) is 1. The predicted octanol–water partition coefficient (Wildman–Crippen LogP) is 2.38. The summed E-state index contributed by atoms with van der Waals surface area (Å²) in [6, 6.07) is 11.3. The van der Waals surface area contributed by atoms with Gasteiger partial charge in [-0.3, -0.25) is 14.4 Å². The Morgan fingerprint density at radius 3 is 2.21 bits per heavy atom. The molecular weight excluding hydrogens is 364 g/mol. The summed E-state index contributed by atoms with van der Waals surface area (Å²) in [6.45, 7) is 1.78. The number of amides is 2. The topological polar surface area (TPSA) is 122 Å². The number of nitrogens with one attached hydrogen (secondary N) is 2. The lowest BCUT2D eigenvalue weighted by atomic mass is 10.1. The van der Waals surface area contributed by atoms with Gasteiger partial charge in [0.15, 0.2) is 0 Å². The summed E-state index contributed by atoms with van der Waals surface area (Å²) in [4.78, 5) is 46.7. The molecule has 28 heavy (non-hydrogen) atoms. The Morgan fingerprint density at radius 2 is 1.61 bits per heavy atom. The van der Waals surface area contributed by atoms with Crippen molar-refractivity contribution in [3.63, 3.8) is 0 Å². The number of carbonyl (C=O) groups excluding carboxylic acids is 3. The number of esters is 1. The van der Waals surface area contributed by atoms with E-state index in [0.29, 0.717) is 12.1 Å². The minimum atomic E-state index is -0.941. The van der Waals surface area contributed by atoms with E-state index in [9.17, 15) is 19.2 Å². The number of methoxy groups -OCH3 is 1. The molecule has 0 atom stereocenters. The first-order valence-corrected chi connectivity index (χ1v) is 8.42. The second-order valence-corrected chi connectivity index (χ2v) is 6.04. The van der Waals surface area contributed by atoms with Crippen molar-refractivity contribution >= 4 is 35.1 Å². The molecule has 3 N–H and O–H groups in total. The van der Waals surface area contributed by atoms with E-state index in [-0.39, 0.29) is 17.7 Å². The molecule has 2 rings (SSSR count). The Morgan fingerprint density at radius 1 is 0.964 bits per heavy atom. The van der Waals surface area contributed by atoms with Crippen LogP contribution in [0.3, 0.4) is 0 Å². The maximum atomic E-state index is 12.2. The number of anilines is 2. The molecule has 0 aliphatic rings. The van der Waals surface area contributed by atoms with E-state index in [0.717, 1.165) is 11.1 Å². The van der Waals surface area contributed by atoms with E-state index in [4.69, 9.17) is 5.11 Å². The van der Waals surface area contributed by atoms with Gasteiger partial charge in [-0.1, -0.05) is 23.8 Å². The third-order valence-electron chi connectivity index (χ3n) is 3.87. The number of carbonyl (C=O) groups is 4. The third-order valence-corrected chi connectivity index (χ3v) is 3.87. The summed E-state index contributed by atoms with van der Waals surface area (Å²) in [6.07, 6.45) is 0.376. The minimum Gasteiger partial charge on any atom is -0.481 e. The Balaban J connectivity index is 2.03. The number of benzene rings is 2. The fourth-order valence-electron chi connectivity index (χ4n) is 2.42. The molecule has 0 heterocycles. The van der Waals surface area contributed by atoms with Gasteiger partial charge in [0.25, 0.3) is 0 Å². The molecular formula is C20H20N2O6. The molecule has 8 heteroatoms. The summed E-state index contributed by atoms with van der Waals surface area (Å²) in [5.41, 5.74) is 2.29. The molecule has 0 bridgehead atoms. The highest BCUT2D eigenvalue weighted by Crippen LogP contribution is 2.19. The Labute approximate surface area is 161 Å². The quantitative estimate of drug-likeness (QED) is 0.519. The lowest BCUT2D eigenvalue weighted by Crippen LogP contribution is -2.29. The molecule has 0 aromatic heterocycles. The first-order chi connectivity index (χ1) is 13.3. The number of ether oxygens (including phenoxy) is 1. The summed E-state index contributed by atoms with van der Waals surface area (Å²) in [7, 11) is 1.23. The number of aliphatic carboxylic acids is 1. The van der Waals surface area contributed by atoms with Crippen LogP contribution in [0.15, 0.2) is 42.5 Å². The molecule has 0 radical (unpaired) electrons. The van der Waals surface area contributed by atoms with Crippen LogP contribution in [-0.4, -0.2) is 36.0 Å². The van der Waals surface area contributed by atoms with Crippen LogP contribution >= 0.6 is 0 Å². The summed E-state index contributed by atoms with van der Waals surface area (Å²) < 4.78 is 4.69. The number of aryl methyl sites for hydroxylation is 2. The number of hydrogen-bond donors (Lipinski definition) is 3. The summed E-state index contributed by atoms with van der Waals surface area (Å²) >= 11 is 0. The van der Waals surface area contributed by atoms with Gasteiger partial charge in [-0.25, -0.2) is 4.79 Å². The monoisotopic (exact) mass is 384 g/mol. The normalized spacial score (nSPS) is 10.1. The average molecular weight is 384 g/mol. The smallest absolute Gasteiger partial charge is 0.339 e. The first-order valence-electron chi connectivity index (χ1n) is 8.42. The molecule has 2 aromatic rings. The van der Waals surface area contributed by atoms with E-state index in [1.54, 1.807) is 43.3 Å². The predicted molar refractivity (Wildman–Crippen MR) is 102 cm³/mol. The fraction of sp³-hybridized carbons (Fsp3) is 0.200. The molecule has 8 nitrogen and oxygen atoms in total. The Hall–Kier alpha value is -3.68. The zero-order chi connectivity index (χ0) is 20.7. The van der Waals surface area contributed by atoms with Gasteiger partial charge in [0.1, 0.15) is 0 Å². The van der Waals surface area contributed by atoms with Crippen molar-refractivity contribution in [1.82, 2.24) is 0 Å². The molecule has 0 aliphatic heterocycles. The highest BCUT2D eigenvalue weighted by molar-refractivity contribution is 6.43. The number of hydrogen-bond acceptors (Lipinski definition) is 5. The zero-order valence-electron chi connectivity index (χ0n) is 15.4. The number of carboxylic acids is 1. The molecule has 0 saturated carbocycles. The van der Waals surface area contributed by atoms with Crippen molar-refractivity contribution in [3.05, 3.63) is 59.2 Å². The SMILES string of the molecule is COC(=O)c1cc(C)ccc1NC(=O)C(=O)Nc1ccc(CCC(=O)O)cc1. The van der Waals surface area contributed by atoms with E-state index in [1.165, 1.54) is 13.2 Å². The lowest BCUT2D eigenvalue weighted by Gasteiger charge is -2.11. The average Bonchev–Trinajstić information content (AvgIpc) is 2.68. The molecule has 146 valence electrons. The van der Waals surface area contributed by atoms with Crippen molar-refractivity contribution in [2.45, 2.75) is 19.8 Å². The lowest BCUT2D eigenvalue weighted by molar-refractivity contribution is -0.137. The van der Waals surface area contributed by atoms with Gasteiger partial charge in [-0.05, 0) is 43.2 Å². The zero-order valence-corrected chi connectivity index (χ0v) is 15.4. The molecule has 2 aromatic carbocycles. The molecule has 0 fully saturated rings. The van der Waals surface area contributed by atoms with E-state index in [2.05, 4.69) is 15.4 Å².